The molecule has 3 rings (SSSR count). The highest BCUT2D eigenvalue weighted by molar-refractivity contribution is 7.86. The molecule has 0 aromatic heterocycles. The van der Waals surface area contributed by atoms with E-state index in [-0.39, 0.29) is 18.4 Å². The van der Waals surface area contributed by atoms with E-state index in [2.05, 4.69) is 22.3 Å². The summed E-state index contributed by atoms with van der Waals surface area (Å²) in [6, 6.07) is 8.28. The lowest BCUT2D eigenvalue weighted by atomic mass is 9.98. The maximum atomic E-state index is 12.6. The molecule has 2 aliphatic heterocycles. The summed E-state index contributed by atoms with van der Waals surface area (Å²) in [7, 11) is -0.445. The number of piperidine rings is 1. The van der Waals surface area contributed by atoms with Gasteiger partial charge in [0.05, 0.1) is 19.1 Å². The van der Waals surface area contributed by atoms with Crippen LogP contribution in [0, 0.1) is 5.92 Å². The van der Waals surface area contributed by atoms with Crippen molar-refractivity contribution in [1.29, 1.82) is 0 Å². The van der Waals surface area contributed by atoms with Crippen LogP contribution in [0.3, 0.4) is 0 Å². The average molecular weight is 425 g/mol. The van der Waals surface area contributed by atoms with Gasteiger partial charge in [-0.05, 0) is 24.0 Å². The number of ether oxygens (including phenoxy) is 1. The lowest BCUT2D eigenvalue weighted by Crippen LogP contribution is -2.48. The van der Waals surface area contributed by atoms with Crippen molar-refractivity contribution in [1.82, 2.24) is 18.8 Å². The zero-order chi connectivity index (χ0) is 20.9. The van der Waals surface area contributed by atoms with Crippen molar-refractivity contribution in [3.05, 3.63) is 35.4 Å². The van der Waals surface area contributed by atoms with Crippen molar-refractivity contribution < 1.29 is 17.9 Å². The normalized spacial score (nSPS) is 22.0. The molecule has 1 amide bonds. The van der Waals surface area contributed by atoms with Crippen LogP contribution in [0.25, 0.3) is 0 Å². The number of morpholine rings is 1. The van der Waals surface area contributed by atoms with Crippen molar-refractivity contribution in [3.63, 3.8) is 0 Å². The van der Waals surface area contributed by atoms with Gasteiger partial charge in [0.25, 0.3) is 10.2 Å². The summed E-state index contributed by atoms with van der Waals surface area (Å²) in [4.78, 5) is 15.0. The van der Waals surface area contributed by atoms with E-state index in [0.717, 1.165) is 38.4 Å². The third kappa shape index (κ3) is 5.99. The Morgan fingerprint density at radius 1 is 1.14 bits per heavy atom. The standard InChI is InChI=1S/C20H32N4O4S/c1-22(2)29(26,27)24-9-3-4-19(16-24)20(25)21-14-17-5-7-18(8-6-17)15-23-10-12-28-13-11-23/h5-8,19H,3-4,9-16H2,1-2H3,(H,21,25)/t19-/m0/s1. The Kier molecular flexibility index (Phi) is 7.64. The molecular formula is C20H32N4O4S. The molecule has 1 atom stereocenters. The van der Waals surface area contributed by atoms with E-state index in [0.29, 0.717) is 25.9 Å². The molecule has 2 fully saturated rings. The summed E-state index contributed by atoms with van der Waals surface area (Å²) in [6.45, 7) is 5.57. The molecule has 1 aromatic rings. The topological polar surface area (TPSA) is 82.2 Å². The van der Waals surface area contributed by atoms with E-state index in [9.17, 15) is 13.2 Å². The Balaban J connectivity index is 1.48. The van der Waals surface area contributed by atoms with Crippen LogP contribution >= 0.6 is 0 Å². The lowest BCUT2D eigenvalue weighted by molar-refractivity contribution is -0.126. The second-order valence-corrected chi connectivity index (χ2v) is 10.1. The van der Waals surface area contributed by atoms with Gasteiger partial charge in [-0.2, -0.15) is 17.0 Å². The molecule has 0 saturated carbocycles. The number of hydrogen-bond donors (Lipinski definition) is 1. The quantitative estimate of drug-likeness (QED) is 0.695. The van der Waals surface area contributed by atoms with Gasteiger partial charge in [-0.25, -0.2) is 0 Å². The smallest absolute Gasteiger partial charge is 0.281 e. The molecule has 0 spiro atoms. The number of nitrogens with one attached hydrogen (secondary N) is 1. The summed E-state index contributed by atoms with van der Waals surface area (Å²) >= 11 is 0. The van der Waals surface area contributed by atoms with E-state index in [1.54, 1.807) is 0 Å². The molecule has 0 aliphatic carbocycles. The number of hydrogen-bond acceptors (Lipinski definition) is 5. The van der Waals surface area contributed by atoms with Crippen LogP contribution in [0.1, 0.15) is 24.0 Å². The molecule has 29 heavy (non-hydrogen) atoms. The van der Waals surface area contributed by atoms with Crippen molar-refractivity contribution in [3.8, 4) is 0 Å². The number of nitrogens with zero attached hydrogens (tertiary/aromatic N) is 3. The number of carbonyl (C=O) groups excluding carboxylic acids is 1. The van der Waals surface area contributed by atoms with Gasteiger partial charge >= 0.3 is 0 Å². The highest BCUT2D eigenvalue weighted by Crippen LogP contribution is 2.20. The first-order valence-corrected chi connectivity index (χ1v) is 11.6. The van der Waals surface area contributed by atoms with Crippen molar-refractivity contribution in [2.75, 3.05) is 53.5 Å². The monoisotopic (exact) mass is 424 g/mol. The first-order chi connectivity index (χ1) is 13.9. The van der Waals surface area contributed by atoms with E-state index in [1.807, 2.05) is 12.1 Å². The van der Waals surface area contributed by atoms with E-state index < -0.39 is 10.2 Å². The largest absolute Gasteiger partial charge is 0.379 e. The van der Waals surface area contributed by atoms with Gasteiger partial charge in [0.2, 0.25) is 5.91 Å². The fraction of sp³-hybridized carbons (Fsp3) is 0.650. The minimum absolute atomic E-state index is 0.0824. The molecule has 1 aromatic carbocycles. The van der Waals surface area contributed by atoms with Crippen molar-refractivity contribution in [2.45, 2.75) is 25.9 Å². The summed E-state index contributed by atoms with van der Waals surface area (Å²) in [5.41, 5.74) is 2.29. The minimum Gasteiger partial charge on any atom is -0.379 e. The molecule has 9 heteroatoms. The molecule has 8 nitrogen and oxygen atoms in total. The van der Waals surface area contributed by atoms with Gasteiger partial charge in [0, 0.05) is 53.4 Å². The molecule has 0 bridgehead atoms. The van der Waals surface area contributed by atoms with Gasteiger partial charge in [-0.15, -0.1) is 0 Å². The Labute approximate surface area is 174 Å². The average Bonchev–Trinajstić information content (AvgIpc) is 2.73. The van der Waals surface area contributed by atoms with Crippen LogP contribution in [0.2, 0.25) is 0 Å². The summed E-state index contributed by atoms with van der Waals surface area (Å²) in [5, 5.41) is 2.97. The van der Waals surface area contributed by atoms with Crippen molar-refractivity contribution >= 4 is 16.1 Å². The molecule has 2 aliphatic rings. The highest BCUT2D eigenvalue weighted by atomic mass is 32.2. The second-order valence-electron chi connectivity index (χ2n) is 7.91. The summed E-state index contributed by atoms with van der Waals surface area (Å²) in [6.07, 6.45) is 1.41. The Morgan fingerprint density at radius 3 is 2.45 bits per heavy atom. The van der Waals surface area contributed by atoms with Crippen LogP contribution in [0.15, 0.2) is 24.3 Å². The van der Waals surface area contributed by atoms with E-state index >= 15 is 0 Å². The van der Waals surface area contributed by atoms with Crippen LogP contribution in [-0.4, -0.2) is 81.3 Å². The fourth-order valence-electron chi connectivity index (χ4n) is 3.71. The van der Waals surface area contributed by atoms with Gasteiger partial charge in [-0.1, -0.05) is 24.3 Å². The van der Waals surface area contributed by atoms with Gasteiger partial charge in [0.15, 0.2) is 0 Å². The summed E-state index contributed by atoms with van der Waals surface area (Å²) < 4.78 is 32.6. The number of rotatable bonds is 7. The zero-order valence-electron chi connectivity index (χ0n) is 17.3. The van der Waals surface area contributed by atoms with Crippen LogP contribution in [0.5, 0.6) is 0 Å². The van der Waals surface area contributed by atoms with Crippen molar-refractivity contribution in [2.24, 2.45) is 5.92 Å². The van der Waals surface area contributed by atoms with Gasteiger partial charge in [-0.3, -0.25) is 9.69 Å². The first-order valence-electron chi connectivity index (χ1n) is 10.2. The number of amides is 1. The third-order valence-corrected chi connectivity index (χ3v) is 7.45. The maximum Gasteiger partial charge on any atom is 0.281 e. The molecule has 162 valence electrons. The van der Waals surface area contributed by atoms with Gasteiger partial charge in [0.1, 0.15) is 0 Å². The van der Waals surface area contributed by atoms with Crippen LogP contribution in [-0.2, 0) is 32.8 Å². The molecule has 1 N–H and O–H groups in total. The lowest BCUT2D eigenvalue weighted by Gasteiger charge is -2.32. The predicted molar refractivity (Wildman–Crippen MR) is 111 cm³/mol. The molecular weight excluding hydrogens is 392 g/mol. The third-order valence-electron chi connectivity index (χ3n) is 5.54. The maximum absolute atomic E-state index is 12.6. The zero-order valence-corrected chi connectivity index (χ0v) is 18.2. The molecule has 2 heterocycles. The molecule has 0 radical (unpaired) electrons. The van der Waals surface area contributed by atoms with Gasteiger partial charge < -0.3 is 10.1 Å². The van der Waals surface area contributed by atoms with Crippen LogP contribution in [0.4, 0.5) is 0 Å². The Morgan fingerprint density at radius 2 is 1.79 bits per heavy atom. The first kappa shape index (κ1) is 22.2. The molecule has 0 unspecified atom stereocenters. The predicted octanol–water partition coefficient (Wildman–Crippen LogP) is 0.653. The summed E-state index contributed by atoms with van der Waals surface area (Å²) in [5.74, 6) is -0.389. The number of benzene rings is 1. The van der Waals surface area contributed by atoms with Crippen LogP contribution < -0.4 is 5.32 Å². The number of carbonyl (C=O) groups is 1. The fourth-order valence-corrected chi connectivity index (χ4v) is 4.90. The Bertz CT molecular complexity index is 776. The molecule has 2 saturated heterocycles. The second kappa shape index (κ2) is 9.99. The minimum atomic E-state index is -3.48. The van der Waals surface area contributed by atoms with E-state index in [4.69, 9.17) is 4.74 Å². The SMILES string of the molecule is CN(C)S(=O)(=O)N1CCC[C@H](C(=O)NCc2ccc(CN3CCOCC3)cc2)C1. The van der Waals surface area contributed by atoms with E-state index in [1.165, 1.54) is 28.3 Å². The highest BCUT2D eigenvalue weighted by Gasteiger charge is 2.33. The Hall–Kier alpha value is -1.52.